The molecule has 1 N–H and O–H groups in total. The molecule has 1 aliphatic heterocycles. The minimum Gasteiger partial charge on any atom is -0.370 e. The number of thiophene rings is 1. The van der Waals surface area contributed by atoms with E-state index < -0.39 is 23.6 Å². The number of hydrogen-bond donors (Lipinski definition) is 1. The number of carbonyl (C=O) groups excluding carboxylic acids is 1. The maximum absolute atomic E-state index is 13.6. The van der Waals surface area contributed by atoms with Crippen LogP contribution in [0.3, 0.4) is 0 Å². The Hall–Kier alpha value is -2.13. The highest BCUT2D eigenvalue weighted by Gasteiger charge is 2.34. The fourth-order valence-electron chi connectivity index (χ4n) is 2.52. The monoisotopic (exact) mass is 374 g/mol. The van der Waals surface area contributed by atoms with Gasteiger partial charge in [-0.15, -0.1) is 0 Å². The molecule has 0 radical (unpaired) electrons. The molecule has 0 spiro atoms. The number of hydrogen-bond acceptors (Lipinski definition) is 3. The number of ether oxygens (including phenoxy) is 1. The zero-order valence-corrected chi connectivity index (χ0v) is 13.7. The van der Waals surface area contributed by atoms with Gasteiger partial charge in [-0.3, -0.25) is 0 Å². The van der Waals surface area contributed by atoms with Crippen molar-refractivity contribution in [3.05, 3.63) is 52.0 Å². The van der Waals surface area contributed by atoms with Crippen LogP contribution < -0.4 is 5.32 Å². The molecule has 1 saturated heterocycles. The lowest BCUT2D eigenvalue weighted by atomic mass is 10.1. The van der Waals surface area contributed by atoms with E-state index in [4.69, 9.17) is 4.74 Å². The summed E-state index contributed by atoms with van der Waals surface area (Å²) in [6, 6.07) is 3.70. The summed E-state index contributed by atoms with van der Waals surface area (Å²) in [6.45, 7) is 0.997. The molecule has 9 heteroatoms. The topological polar surface area (TPSA) is 41.6 Å². The third-order valence-corrected chi connectivity index (χ3v) is 4.50. The number of amides is 2. The summed E-state index contributed by atoms with van der Waals surface area (Å²) in [4.78, 5) is 13.8. The Morgan fingerprint density at radius 2 is 2.12 bits per heavy atom. The Bertz CT molecular complexity index is 749. The number of morpholine rings is 1. The van der Waals surface area contributed by atoms with Gasteiger partial charge in [0, 0.05) is 12.2 Å². The third-order valence-electron chi connectivity index (χ3n) is 3.79. The molecule has 3 rings (SSSR count). The minimum absolute atomic E-state index is 0.0333. The maximum atomic E-state index is 13.6. The lowest BCUT2D eigenvalue weighted by Crippen LogP contribution is -2.44. The van der Waals surface area contributed by atoms with Crippen molar-refractivity contribution in [2.45, 2.75) is 12.3 Å². The van der Waals surface area contributed by atoms with Crippen LogP contribution in [0.1, 0.15) is 17.2 Å². The Morgan fingerprint density at radius 1 is 1.32 bits per heavy atom. The molecule has 0 aliphatic carbocycles. The van der Waals surface area contributed by atoms with Crippen LogP contribution in [0, 0.1) is 5.82 Å². The van der Waals surface area contributed by atoms with Crippen LogP contribution in [0.5, 0.6) is 0 Å². The quantitative estimate of drug-likeness (QED) is 0.786. The van der Waals surface area contributed by atoms with Crippen LogP contribution in [0.2, 0.25) is 0 Å². The number of nitrogens with one attached hydrogen (secondary N) is 1. The lowest BCUT2D eigenvalue weighted by molar-refractivity contribution is -0.139. The number of urea groups is 1. The molecule has 1 fully saturated rings. The molecule has 2 heterocycles. The van der Waals surface area contributed by atoms with Crippen LogP contribution in [-0.2, 0) is 10.9 Å². The minimum atomic E-state index is -4.77. The van der Waals surface area contributed by atoms with E-state index in [2.05, 4.69) is 5.32 Å². The number of alkyl halides is 3. The fourth-order valence-corrected chi connectivity index (χ4v) is 3.22. The third kappa shape index (κ3) is 4.10. The van der Waals surface area contributed by atoms with Gasteiger partial charge in [-0.2, -0.15) is 24.5 Å². The zero-order chi connectivity index (χ0) is 18.0. The highest BCUT2D eigenvalue weighted by molar-refractivity contribution is 7.07. The molecular weight excluding hydrogens is 360 g/mol. The number of carbonyl (C=O) groups is 1. The van der Waals surface area contributed by atoms with Gasteiger partial charge in [-0.25, -0.2) is 9.18 Å². The van der Waals surface area contributed by atoms with E-state index in [1.54, 1.807) is 0 Å². The predicted octanol–water partition coefficient (Wildman–Crippen LogP) is 4.51. The largest absolute Gasteiger partial charge is 0.419 e. The van der Waals surface area contributed by atoms with Crippen LogP contribution in [0.15, 0.2) is 35.0 Å². The van der Waals surface area contributed by atoms with Crippen LogP contribution in [-0.4, -0.2) is 30.6 Å². The SMILES string of the molecule is O=C(Nc1ccc(C(F)(F)F)c(F)c1)N1CCOC(c2ccsc2)C1. The number of halogens is 4. The number of anilines is 1. The lowest BCUT2D eigenvalue weighted by Gasteiger charge is -2.32. The summed E-state index contributed by atoms with van der Waals surface area (Å²) in [5.41, 5.74) is -0.438. The first kappa shape index (κ1) is 17.7. The molecule has 0 bridgehead atoms. The van der Waals surface area contributed by atoms with Crippen molar-refractivity contribution in [3.8, 4) is 0 Å². The van der Waals surface area contributed by atoms with E-state index in [0.717, 1.165) is 11.6 Å². The van der Waals surface area contributed by atoms with Gasteiger partial charge >= 0.3 is 12.2 Å². The van der Waals surface area contributed by atoms with E-state index in [9.17, 15) is 22.4 Å². The standard InChI is InChI=1S/C16H14F4N2O2S/c17-13-7-11(1-2-12(13)16(18,19)20)21-15(23)22-4-5-24-14(8-22)10-3-6-25-9-10/h1-3,6-7,9,14H,4-5,8H2,(H,21,23). The Balaban J connectivity index is 1.67. The van der Waals surface area contributed by atoms with Crippen molar-refractivity contribution in [2.24, 2.45) is 0 Å². The second kappa shape index (κ2) is 7.01. The Morgan fingerprint density at radius 3 is 2.76 bits per heavy atom. The van der Waals surface area contributed by atoms with Gasteiger partial charge in [0.15, 0.2) is 0 Å². The van der Waals surface area contributed by atoms with Gasteiger partial charge < -0.3 is 15.0 Å². The summed E-state index contributed by atoms with van der Waals surface area (Å²) in [7, 11) is 0. The molecular formula is C16H14F4N2O2S. The fraction of sp³-hybridized carbons (Fsp3) is 0.312. The van der Waals surface area contributed by atoms with Gasteiger partial charge in [0.1, 0.15) is 11.9 Å². The van der Waals surface area contributed by atoms with Crippen LogP contribution in [0.25, 0.3) is 0 Å². The molecule has 25 heavy (non-hydrogen) atoms. The van der Waals surface area contributed by atoms with Gasteiger partial charge in [-0.1, -0.05) is 0 Å². The summed E-state index contributed by atoms with van der Waals surface area (Å²) in [5, 5.41) is 6.26. The molecule has 1 aromatic heterocycles. The molecule has 4 nitrogen and oxygen atoms in total. The van der Waals surface area contributed by atoms with Crippen molar-refractivity contribution < 1.29 is 27.1 Å². The smallest absolute Gasteiger partial charge is 0.370 e. The van der Waals surface area contributed by atoms with Gasteiger partial charge in [0.05, 0.1) is 18.7 Å². The van der Waals surface area contributed by atoms with E-state index >= 15 is 0 Å². The summed E-state index contributed by atoms with van der Waals surface area (Å²) >= 11 is 1.52. The maximum Gasteiger partial charge on any atom is 0.419 e. The Kier molecular flexibility index (Phi) is 4.96. The van der Waals surface area contributed by atoms with Crippen LogP contribution >= 0.6 is 11.3 Å². The highest BCUT2D eigenvalue weighted by Crippen LogP contribution is 2.32. The molecule has 0 saturated carbocycles. The molecule has 1 atom stereocenters. The van der Waals surface area contributed by atoms with Crippen molar-refractivity contribution >= 4 is 23.1 Å². The summed E-state index contributed by atoms with van der Waals surface area (Å²) in [6.07, 6.45) is -5.03. The normalized spacial score (nSPS) is 18.2. The number of benzene rings is 1. The summed E-state index contributed by atoms with van der Waals surface area (Å²) < 4.78 is 56.9. The van der Waals surface area contributed by atoms with E-state index in [0.29, 0.717) is 31.8 Å². The second-order valence-corrected chi connectivity index (χ2v) is 6.26. The average molecular weight is 374 g/mol. The Labute approximate surface area is 145 Å². The van der Waals surface area contributed by atoms with Gasteiger partial charge in [0.2, 0.25) is 0 Å². The first-order valence-corrected chi connectivity index (χ1v) is 8.35. The van der Waals surface area contributed by atoms with E-state index in [1.165, 1.54) is 16.2 Å². The van der Waals surface area contributed by atoms with Crippen molar-refractivity contribution in [1.29, 1.82) is 0 Å². The van der Waals surface area contributed by atoms with Crippen molar-refractivity contribution in [2.75, 3.05) is 25.0 Å². The summed E-state index contributed by atoms with van der Waals surface area (Å²) in [5.74, 6) is -1.43. The van der Waals surface area contributed by atoms with Crippen LogP contribution in [0.4, 0.5) is 28.0 Å². The molecule has 1 unspecified atom stereocenters. The first-order chi connectivity index (χ1) is 11.8. The van der Waals surface area contributed by atoms with E-state index in [1.807, 2.05) is 16.8 Å². The highest BCUT2D eigenvalue weighted by atomic mass is 32.1. The number of nitrogens with zero attached hydrogens (tertiary/aromatic N) is 1. The predicted molar refractivity (Wildman–Crippen MR) is 85.0 cm³/mol. The molecule has 2 aromatic rings. The van der Waals surface area contributed by atoms with Crippen molar-refractivity contribution in [3.63, 3.8) is 0 Å². The molecule has 134 valence electrons. The van der Waals surface area contributed by atoms with Crippen molar-refractivity contribution in [1.82, 2.24) is 4.90 Å². The molecule has 1 aliphatic rings. The molecule has 1 aromatic carbocycles. The number of rotatable bonds is 2. The first-order valence-electron chi connectivity index (χ1n) is 7.41. The molecule has 2 amide bonds. The zero-order valence-electron chi connectivity index (χ0n) is 12.8. The van der Waals surface area contributed by atoms with Gasteiger partial charge in [-0.05, 0) is 40.6 Å². The second-order valence-electron chi connectivity index (χ2n) is 5.48. The van der Waals surface area contributed by atoms with Gasteiger partial charge in [0.25, 0.3) is 0 Å². The average Bonchev–Trinajstić information content (AvgIpc) is 3.08. The van der Waals surface area contributed by atoms with E-state index in [-0.39, 0.29) is 11.8 Å².